The molecule has 0 aliphatic carbocycles. The fourth-order valence-electron chi connectivity index (χ4n) is 1.17. The Morgan fingerprint density at radius 2 is 1.73 bits per heavy atom. The van der Waals surface area contributed by atoms with Gasteiger partial charge in [0.05, 0.1) is 0 Å². The molecule has 1 heterocycles. The van der Waals surface area contributed by atoms with Crippen molar-refractivity contribution in [1.82, 2.24) is 4.98 Å². The van der Waals surface area contributed by atoms with E-state index in [2.05, 4.69) is 36.2 Å². The Hall–Kier alpha value is -1.32. The first kappa shape index (κ1) is 13.7. The first-order valence-electron chi connectivity index (χ1n) is 5.03. The van der Waals surface area contributed by atoms with E-state index in [1.54, 1.807) is 0 Å². The minimum atomic E-state index is -0.750. The third-order valence-electron chi connectivity index (χ3n) is 1.71. The standard InChI is InChI=1S/C9H9N.C2H6.CH4O2/c1-7-2-3-9-8(6-7)4-5-10-9;1-2;2-1-3/h2-6,10H,1H3;1-2H3;2-3H,1H2. The van der Waals surface area contributed by atoms with Gasteiger partial charge in [0.2, 0.25) is 0 Å². The van der Waals surface area contributed by atoms with E-state index in [-0.39, 0.29) is 0 Å². The van der Waals surface area contributed by atoms with Crippen molar-refractivity contribution in [3.05, 3.63) is 36.0 Å². The highest BCUT2D eigenvalue weighted by Crippen LogP contribution is 2.12. The number of H-pyrrole nitrogens is 1. The number of benzene rings is 1. The molecule has 0 bridgehead atoms. The fourth-order valence-corrected chi connectivity index (χ4v) is 1.17. The first-order chi connectivity index (χ1) is 7.27. The first-order valence-corrected chi connectivity index (χ1v) is 5.03. The van der Waals surface area contributed by atoms with Gasteiger partial charge in [-0.2, -0.15) is 0 Å². The third-order valence-corrected chi connectivity index (χ3v) is 1.71. The van der Waals surface area contributed by atoms with Crippen molar-refractivity contribution < 1.29 is 10.2 Å². The molecule has 0 amide bonds. The molecule has 2 aromatic rings. The van der Waals surface area contributed by atoms with E-state index in [0.29, 0.717) is 0 Å². The Morgan fingerprint density at radius 1 is 1.13 bits per heavy atom. The highest BCUT2D eigenvalue weighted by molar-refractivity contribution is 5.79. The molecule has 0 aliphatic rings. The van der Waals surface area contributed by atoms with E-state index in [1.807, 2.05) is 20.0 Å². The van der Waals surface area contributed by atoms with Gasteiger partial charge in [-0.05, 0) is 30.5 Å². The lowest BCUT2D eigenvalue weighted by molar-refractivity contribution is 0.0773. The van der Waals surface area contributed by atoms with Crippen LogP contribution in [0.2, 0.25) is 0 Å². The monoisotopic (exact) mass is 209 g/mol. The van der Waals surface area contributed by atoms with Gasteiger partial charge in [-0.25, -0.2) is 0 Å². The van der Waals surface area contributed by atoms with Crippen LogP contribution >= 0.6 is 0 Å². The summed E-state index contributed by atoms with van der Waals surface area (Å²) in [7, 11) is 0. The Kier molecular flexibility index (Phi) is 7.32. The summed E-state index contributed by atoms with van der Waals surface area (Å²) in [4.78, 5) is 3.15. The maximum Gasteiger partial charge on any atom is 0.140 e. The molecule has 0 atom stereocenters. The quantitative estimate of drug-likeness (QED) is 0.584. The lowest BCUT2D eigenvalue weighted by Gasteiger charge is -1.90. The zero-order chi connectivity index (χ0) is 11.7. The molecule has 84 valence electrons. The molecule has 3 heteroatoms. The number of aryl methyl sites for hydroxylation is 1. The SMILES string of the molecule is CC.Cc1ccc2[nH]ccc2c1.OCO. The summed E-state index contributed by atoms with van der Waals surface area (Å²) in [6, 6.07) is 8.47. The van der Waals surface area contributed by atoms with Gasteiger partial charge in [-0.3, -0.25) is 0 Å². The number of aromatic amines is 1. The number of hydrogen-bond acceptors (Lipinski definition) is 2. The summed E-state index contributed by atoms with van der Waals surface area (Å²) in [6.45, 7) is 5.35. The molecule has 2 rings (SSSR count). The summed E-state index contributed by atoms with van der Waals surface area (Å²) >= 11 is 0. The zero-order valence-corrected chi connectivity index (χ0v) is 9.49. The summed E-state index contributed by atoms with van der Waals surface area (Å²) in [5.74, 6) is 0. The molecular weight excluding hydrogens is 190 g/mol. The Labute approximate surface area is 90.4 Å². The second-order valence-electron chi connectivity index (χ2n) is 2.71. The van der Waals surface area contributed by atoms with Gasteiger partial charge in [0.1, 0.15) is 6.79 Å². The molecule has 0 aliphatic heterocycles. The van der Waals surface area contributed by atoms with Crippen LogP contribution in [0.5, 0.6) is 0 Å². The van der Waals surface area contributed by atoms with Crippen LogP contribution < -0.4 is 0 Å². The number of fused-ring (bicyclic) bond motifs is 1. The zero-order valence-electron chi connectivity index (χ0n) is 9.49. The van der Waals surface area contributed by atoms with Crippen molar-refractivity contribution >= 4 is 10.9 Å². The minimum Gasteiger partial charge on any atom is -0.371 e. The van der Waals surface area contributed by atoms with Crippen molar-refractivity contribution in [2.24, 2.45) is 0 Å². The molecule has 0 unspecified atom stereocenters. The smallest absolute Gasteiger partial charge is 0.140 e. The molecule has 1 aromatic carbocycles. The van der Waals surface area contributed by atoms with Gasteiger partial charge in [-0.1, -0.05) is 25.5 Å². The number of rotatable bonds is 0. The molecular formula is C12H19NO2. The number of aliphatic hydroxyl groups is 2. The highest BCUT2D eigenvalue weighted by atomic mass is 16.5. The van der Waals surface area contributed by atoms with Gasteiger partial charge >= 0.3 is 0 Å². The van der Waals surface area contributed by atoms with Crippen LogP contribution in [0.15, 0.2) is 30.5 Å². The van der Waals surface area contributed by atoms with Gasteiger partial charge in [-0.15, -0.1) is 0 Å². The maximum atomic E-state index is 7.12. The van der Waals surface area contributed by atoms with E-state index in [0.717, 1.165) is 0 Å². The molecule has 0 fully saturated rings. The number of hydrogen-bond donors (Lipinski definition) is 3. The van der Waals surface area contributed by atoms with E-state index in [9.17, 15) is 0 Å². The number of aromatic nitrogens is 1. The Morgan fingerprint density at radius 3 is 2.33 bits per heavy atom. The molecule has 0 saturated heterocycles. The average Bonchev–Trinajstić information content (AvgIpc) is 2.69. The average molecular weight is 209 g/mol. The predicted octanol–water partition coefficient (Wildman–Crippen LogP) is 2.43. The summed E-state index contributed by atoms with van der Waals surface area (Å²) < 4.78 is 0. The normalized spacial score (nSPS) is 8.60. The van der Waals surface area contributed by atoms with Gasteiger partial charge in [0, 0.05) is 11.7 Å². The lowest BCUT2D eigenvalue weighted by Crippen LogP contribution is -1.69. The number of aliphatic hydroxyl groups excluding tert-OH is 1. The van der Waals surface area contributed by atoms with Crippen LogP contribution in [0.25, 0.3) is 10.9 Å². The molecule has 0 saturated carbocycles. The summed E-state index contributed by atoms with van der Waals surface area (Å²) in [6.07, 6.45) is 1.96. The van der Waals surface area contributed by atoms with E-state index < -0.39 is 6.79 Å². The van der Waals surface area contributed by atoms with Crippen LogP contribution in [0.4, 0.5) is 0 Å². The molecule has 0 spiro atoms. The topological polar surface area (TPSA) is 56.2 Å². The van der Waals surface area contributed by atoms with Crippen molar-refractivity contribution in [3.8, 4) is 0 Å². The molecule has 3 N–H and O–H groups in total. The molecule has 0 radical (unpaired) electrons. The third kappa shape index (κ3) is 4.63. The minimum absolute atomic E-state index is 0.750. The van der Waals surface area contributed by atoms with Gasteiger partial charge < -0.3 is 15.2 Å². The van der Waals surface area contributed by atoms with Gasteiger partial charge in [0.25, 0.3) is 0 Å². The van der Waals surface area contributed by atoms with Crippen molar-refractivity contribution in [2.75, 3.05) is 6.79 Å². The number of nitrogens with one attached hydrogen (secondary N) is 1. The molecule has 15 heavy (non-hydrogen) atoms. The Bertz CT molecular complexity index is 368. The lowest BCUT2D eigenvalue weighted by atomic mass is 10.2. The van der Waals surface area contributed by atoms with Crippen molar-refractivity contribution in [1.29, 1.82) is 0 Å². The second-order valence-corrected chi connectivity index (χ2v) is 2.71. The van der Waals surface area contributed by atoms with E-state index >= 15 is 0 Å². The van der Waals surface area contributed by atoms with Crippen LogP contribution in [-0.2, 0) is 0 Å². The van der Waals surface area contributed by atoms with Crippen LogP contribution in [-0.4, -0.2) is 22.0 Å². The Balaban J connectivity index is 0.000000342. The van der Waals surface area contributed by atoms with Crippen molar-refractivity contribution in [3.63, 3.8) is 0 Å². The van der Waals surface area contributed by atoms with E-state index in [4.69, 9.17) is 10.2 Å². The maximum absolute atomic E-state index is 7.12. The summed E-state index contributed by atoms with van der Waals surface area (Å²) in [5, 5.41) is 15.5. The van der Waals surface area contributed by atoms with Crippen LogP contribution in [0.3, 0.4) is 0 Å². The van der Waals surface area contributed by atoms with Crippen LogP contribution in [0.1, 0.15) is 19.4 Å². The van der Waals surface area contributed by atoms with Crippen molar-refractivity contribution in [2.45, 2.75) is 20.8 Å². The predicted molar refractivity (Wildman–Crippen MR) is 63.7 cm³/mol. The van der Waals surface area contributed by atoms with Gasteiger partial charge in [0.15, 0.2) is 0 Å². The largest absolute Gasteiger partial charge is 0.371 e. The highest BCUT2D eigenvalue weighted by Gasteiger charge is 1.90. The molecule has 1 aromatic heterocycles. The van der Waals surface area contributed by atoms with E-state index in [1.165, 1.54) is 16.5 Å². The van der Waals surface area contributed by atoms with Crippen LogP contribution in [0, 0.1) is 6.92 Å². The summed E-state index contributed by atoms with van der Waals surface area (Å²) in [5.41, 5.74) is 2.53. The fraction of sp³-hybridized carbons (Fsp3) is 0.333. The molecule has 3 nitrogen and oxygen atoms in total. The second kappa shape index (κ2) is 8.03.